The van der Waals surface area contributed by atoms with E-state index in [1.54, 1.807) is 0 Å². The zero-order chi connectivity index (χ0) is 10.2. The molecule has 0 amide bonds. The Labute approximate surface area is 133 Å². The number of hydrogen-bond donors (Lipinski definition) is 2. The summed E-state index contributed by atoms with van der Waals surface area (Å²) in [7, 11) is 4.32. The summed E-state index contributed by atoms with van der Waals surface area (Å²) in [6, 6.07) is 0. The minimum Gasteiger partial charge on any atom is -1.00 e. The number of halogens is 2. The van der Waals surface area contributed by atoms with Crippen LogP contribution in [0.3, 0.4) is 0 Å². The predicted octanol–water partition coefficient (Wildman–Crippen LogP) is -6.79. The van der Waals surface area contributed by atoms with Gasteiger partial charge in [-0.1, -0.05) is 0 Å². The third-order valence-electron chi connectivity index (χ3n) is 2.53. The molecule has 1 fully saturated rings. The first kappa shape index (κ1) is 23.2. The van der Waals surface area contributed by atoms with Crippen molar-refractivity contribution in [2.45, 2.75) is 0 Å². The van der Waals surface area contributed by atoms with Crippen molar-refractivity contribution in [3.8, 4) is 0 Å². The maximum Gasteiger partial charge on any atom is 3.00 e. The smallest absolute Gasteiger partial charge is 1.00 e. The Morgan fingerprint density at radius 1 is 0.882 bits per heavy atom. The number of hydrogen-bond acceptors (Lipinski definition) is 4. The Bertz CT molecular complexity index is 138. The van der Waals surface area contributed by atoms with Gasteiger partial charge in [-0.15, -0.1) is 6.54 Å². The van der Waals surface area contributed by atoms with E-state index in [1.807, 2.05) is 0 Å². The Morgan fingerprint density at radius 3 is 2.24 bits per heavy atom. The van der Waals surface area contributed by atoms with E-state index in [9.17, 15) is 0 Å². The van der Waals surface area contributed by atoms with E-state index in [2.05, 4.69) is 41.1 Å². The molecule has 101 valence electrons. The average molecular weight is 318 g/mol. The summed E-state index contributed by atoms with van der Waals surface area (Å²) in [6.45, 7) is 9.77. The second-order valence-electron chi connectivity index (χ2n) is 3.92. The molecule has 1 radical (unpaired) electrons. The molecule has 4 nitrogen and oxygen atoms in total. The van der Waals surface area contributed by atoms with Crippen LogP contribution in [0.2, 0.25) is 0 Å². The molecule has 0 aromatic carbocycles. The third kappa shape index (κ3) is 13.4. The van der Waals surface area contributed by atoms with Gasteiger partial charge >= 0.3 is 21.7 Å². The Kier molecular flexibility index (Phi) is 20.8. The summed E-state index contributed by atoms with van der Waals surface area (Å²) < 4.78 is 0. The summed E-state index contributed by atoms with van der Waals surface area (Å²) in [5, 5.41) is 6.78. The summed E-state index contributed by atoms with van der Waals surface area (Å²) in [6.07, 6.45) is 0. The van der Waals surface area contributed by atoms with Crippen molar-refractivity contribution in [1.29, 1.82) is 0 Å². The molecular formula is C10H23Cl2N4Ti. The maximum absolute atomic E-state index is 3.41. The minimum absolute atomic E-state index is 0. The van der Waals surface area contributed by atoms with Crippen LogP contribution in [0.4, 0.5) is 0 Å². The Balaban J connectivity index is -0.000000653. The molecule has 0 bridgehead atoms. The molecule has 1 heterocycles. The molecule has 1 rings (SSSR count). The Hall–Kier alpha value is 1.13. The molecule has 0 atom stereocenters. The summed E-state index contributed by atoms with van der Waals surface area (Å²) in [5.41, 5.74) is 0. The van der Waals surface area contributed by atoms with Crippen LogP contribution in [-0.4, -0.2) is 69.7 Å². The minimum atomic E-state index is 0. The van der Waals surface area contributed by atoms with Gasteiger partial charge in [-0.05, 0) is 20.6 Å². The normalized spacial score (nSPS) is 20.8. The van der Waals surface area contributed by atoms with Crippen molar-refractivity contribution >= 4 is 0 Å². The molecule has 0 unspecified atom stereocenters. The molecule has 1 saturated heterocycles. The third-order valence-corrected chi connectivity index (χ3v) is 2.53. The second-order valence-corrected chi connectivity index (χ2v) is 3.92. The zero-order valence-electron chi connectivity index (χ0n) is 10.7. The van der Waals surface area contributed by atoms with Crippen LogP contribution >= 0.6 is 0 Å². The van der Waals surface area contributed by atoms with E-state index in [1.165, 1.54) is 0 Å². The fourth-order valence-electron chi connectivity index (χ4n) is 1.43. The second kappa shape index (κ2) is 15.2. The molecule has 0 aromatic rings. The van der Waals surface area contributed by atoms with E-state index in [4.69, 9.17) is 0 Å². The summed E-state index contributed by atoms with van der Waals surface area (Å²) in [4.78, 5) is 4.63. The van der Waals surface area contributed by atoms with Gasteiger partial charge in [0.05, 0.1) is 0 Å². The van der Waals surface area contributed by atoms with Crippen molar-refractivity contribution in [2.75, 3.05) is 59.9 Å². The first-order valence-electron chi connectivity index (χ1n) is 5.42. The molecule has 0 aliphatic carbocycles. The van der Waals surface area contributed by atoms with Gasteiger partial charge in [0.15, 0.2) is 0 Å². The number of rotatable bonds is 0. The van der Waals surface area contributed by atoms with E-state index >= 15 is 0 Å². The van der Waals surface area contributed by atoms with Gasteiger partial charge in [0.25, 0.3) is 0 Å². The van der Waals surface area contributed by atoms with E-state index in [-0.39, 0.29) is 46.5 Å². The largest absolute Gasteiger partial charge is 3.00 e. The monoisotopic (exact) mass is 317 g/mol. The first-order valence-corrected chi connectivity index (χ1v) is 5.42. The van der Waals surface area contributed by atoms with Crippen molar-refractivity contribution < 1.29 is 46.5 Å². The average Bonchev–Trinajstić information content (AvgIpc) is 2.17. The van der Waals surface area contributed by atoms with Gasteiger partial charge in [0.2, 0.25) is 0 Å². The number of likely N-dealkylation sites (N-methyl/N-ethyl adjacent to an activating group) is 2. The van der Waals surface area contributed by atoms with Crippen LogP contribution in [0.25, 0.3) is 0 Å². The predicted molar refractivity (Wildman–Crippen MR) is 60.2 cm³/mol. The van der Waals surface area contributed by atoms with Gasteiger partial charge in [-0.3, -0.25) is 6.54 Å². The standard InChI is InChI=1S/C10H23N4.2ClH.Ti/c1-13-7-5-11-3-4-12-6-8-14(2)10-9-13;;;/h7,11-12H,3-6,8-10H2,1-2H3;2*1H;/q-1;;;+3/p-2. The first-order chi connectivity index (χ1) is 6.79. The SMILES string of the molecule is CN1[CH-]CNCCNCCN(C)CC1.[Cl-].[Cl-].[Ti+3]. The van der Waals surface area contributed by atoms with Crippen LogP contribution in [0.1, 0.15) is 0 Å². The van der Waals surface area contributed by atoms with E-state index in [0.717, 1.165) is 45.8 Å². The molecule has 1 aliphatic heterocycles. The molecule has 0 aromatic heterocycles. The molecule has 1 aliphatic rings. The summed E-state index contributed by atoms with van der Waals surface area (Å²) in [5.74, 6) is 0. The molecule has 7 heteroatoms. The number of nitrogens with one attached hydrogen (secondary N) is 2. The van der Waals surface area contributed by atoms with Gasteiger partial charge < -0.3 is 45.2 Å². The molecule has 2 N–H and O–H groups in total. The van der Waals surface area contributed by atoms with Crippen LogP contribution in [-0.2, 0) is 21.7 Å². The summed E-state index contributed by atoms with van der Waals surface area (Å²) >= 11 is 0. The van der Waals surface area contributed by atoms with Crippen molar-refractivity contribution in [2.24, 2.45) is 0 Å². The van der Waals surface area contributed by atoms with Crippen molar-refractivity contribution in [3.63, 3.8) is 0 Å². The maximum atomic E-state index is 3.41. The quantitative estimate of drug-likeness (QED) is 0.343. The Morgan fingerprint density at radius 2 is 1.53 bits per heavy atom. The molecule has 0 spiro atoms. The molecule has 17 heavy (non-hydrogen) atoms. The number of nitrogens with zero attached hydrogens (tertiary/aromatic N) is 2. The van der Waals surface area contributed by atoms with Gasteiger partial charge in [0, 0.05) is 32.7 Å². The van der Waals surface area contributed by atoms with Crippen molar-refractivity contribution in [1.82, 2.24) is 20.4 Å². The van der Waals surface area contributed by atoms with Crippen LogP contribution < -0.4 is 35.4 Å². The molecule has 0 saturated carbocycles. The van der Waals surface area contributed by atoms with E-state index < -0.39 is 0 Å². The van der Waals surface area contributed by atoms with E-state index in [0.29, 0.717) is 0 Å². The zero-order valence-corrected chi connectivity index (χ0v) is 13.8. The van der Waals surface area contributed by atoms with Gasteiger partial charge in [-0.2, -0.15) is 0 Å². The topological polar surface area (TPSA) is 30.5 Å². The van der Waals surface area contributed by atoms with Crippen molar-refractivity contribution in [3.05, 3.63) is 6.54 Å². The fourth-order valence-corrected chi connectivity index (χ4v) is 1.43. The van der Waals surface area contributed by atoms with Crippen LogP contribution in [0.5, 0.6) is 0 Å². The van der Waals surface area contributed by atoms with Crippen LogP contribution in [0.15, 0.2) is 0 Å². The van der Waals surface area contributed by atoms with Gasteiger partial charge in [-0.25, -0.2) is 0 Å². The van der Waals surface area contributed by atoms with Gasteiger partial charge in [0.1, 0.15) is 0 Å². The fraction of sp³-hybridized carbons (Fsp3) is 0.900. The molecular weight excluding hydrogens is 295 g/mol. The van der Waals surface area contributed by atoms with Crippen LogP contribution in [0, 0.1) is 6.54 Å².